The average Bonchev–Trinajstić information content (AvgIpc) is 2.94. The summed E-state index contributed by atoms with van der Waals surface area (Å²) in [5.41, 5.74) is 0.296. The molecule has 0 spiro atoms. The molecule has 2 aromatic heterocycles. The Labute approximate surface area is 114 Å². The molecule has 0 aliphatic heterocycles. The van der Waals surface area contributed by atoms with Gasteiger partial charge in [0.2, 0.25) is 0 Å². The molecule has 0 bridgehead atoms. The van der Waals surface area contributed by atoms with Gasteiger partial charge in [-0.1, -0.05) is 5.16 Å². The second-order valence-corrected chi connectivity index (χ2v) is 4.47. The highest BCUT2D eigenvalue weighted by Gasteiger charge is 2.19. The van der Waals surface area contributed by atoms with E-state index in [-0.39, 0.29) is 23.7 Å². The molecule has 2 aromatic rings. The number of aromatic nitrogens is 1. The third-order valence-corrected chi connectivity index (χ3v) is 2.79. The lowest BCUT2D eigenvalue weighted by molar-refractivity contribution is 0.0694. The zero-order valence-corrected chi connectivity index (χ0v) is 11.3. The predicted molar refractivity (Wildman–Crippen MR) is 67.4 cm³/mol. The van der Waals surface area contributed by atoms with Gasteiger partial charge in [-0.3, -0.25) is 4.79 Å². The number of nitrogens with zero attached hydrogens (tertiary/aromatic N) is 2. The van der Waals surface area contributed by atoms with E-state index in [4.69, 9.17) is 14.0 Å². The Morgan fingerprint density at radius 1 is 1.35 bits per heavy atom. The molecule has 0 radical (unpaired) electrons. The number of aryl methyl sites for hydroxylation is 2. The molecule has 2 rings (SSSR count). The highest BCUT2D eigenvalue weighted by molar-refractivity contribution is 5.92. The molecule has 7 heteroatoms. The summed E-state index contributed by atoms with van der Waals surface area (Å²) < 4.78 is 10.2. The lowest BCUT2D eigenvalue weighted by atomic mass is 10.2. The van der Waals surface area contributed by atoms with E-state index in [1.807, 2.05) is 0 Å². The number of carboxylic acid groups (broad SMARTS) is 1. The van der Waals surface area contributed by atoms with Crippen LogP contribution in [-0.2, 0) is 6.54 Å². The van der Waals surface area contributed by atoms with Crippen LogP contribution in [0.4, 0.5) is 0 Å². The molecule has 1 amide bonds. The van der Waals surface area contributed by atoms with Gasteiger partial charge in [0.1, 0.15) is 22.8 Å². The molecule has 7 nitrogen and oxygen atoms in total. The van der Waals surface area contributed by atoms with Crippen molar-refractivity contribution in [3.63, 3.8) is 0 Å². The minimum absolute atomic E-state index is 0.0955. The Hall–Kier alpha value is -2.57. The zero-order chi connectivity index (χ0) is 14.9. The fourth-order valence-corrected chi connectivity index (χ4v) is 1.80. The molecular formula is C13H14N2O5. The maximum atomic E-state index is 12.0. The van der Waals surface area contributed by atoms with Crippen molar-refractivity contribution in [3.8, 4) is 0 Å². The predicted octanol–water partition coefficient (Wildman–Crippen LogP) is 1.85. The van der Waals surface area contributed by atoms with Gasteiger partial charge >= 0.3 is 5.97 Å². The van der Waals surface area contributed by atoms with E-state index < -0.39 is 5.97 Å². The number of hydrogen-bond donors (Lipinski definition) is 1. The summed E-state index contributed by atoms with van der Waals surface area (Å²) in [5, 5.41) is 12.6. The Morgan fingerprint density at radius 2 is 2.05 bits per heavy atom. The van der Waals surface area contributed by atoms with Gasteiger partial charge in [-0.2, -0.15) is 0 Å². The van der Waals surface area contributed by atoms with E-state index in [0.29, 0.717) is 17.3 Å². The summed E-state index contributed by atoms with van der Waals surface area (Å²) >= 11 is 0. The zero-order valence-electron chi connectivity index (χ0n) is 11.3. The van der Waals surface area contributed by atoms with Crippen LogP contribution in [0.3, 0.4) is 0 Å². The maximum absolute atomic E-state index is 12.0. The van der Waals surface area contributed by atoms with Gasteiger partial charge in [0.15, 0.2) is 5.69 Å². The second-order valence-electron chi connectivity index (χ2n) is 4.47. The first-order valence-electron chi connectivity index (χ1n) is 5.90. The summed E-state index contributed by atoms with van der Waals surface area (Å²) in [6.07, 6.45) is 0. The number of carbonyl (C=O) groups excluding carboxylic acids is 1. The van der Waals surface area contributed by atoms with Gasteiger partial charge < -0.3 is 18.9 Å². The van der Waals surface area contributed by atoms with E-state index in [1.165, 1.54) is 17.0 Å². The number of carboxylic acids is 1. The summed E-state index contributed by atoms with van der Waals surface area (Å²) in [4.78, 5) is 24.3. The van der Waals surface area contributed by atoms with Gasteiger partial charge in [-0.05, 0) is 19.9 Å². The minimum Gasteiger partial charge on any atom is -0.478 e. The molecule has 0 aromatic carbocycles. The third-order valence-electron chi connectivity index (χ3n) is 2.79. The number of hydrogen-bond acceptors (Lipinski definition) is 5. The molecule has 0 aliphatic rings. The summed E-state index contributed by atoms with van der Waals surface area (Å²) in [6.45, 7) is 3.41. The molecule has 0 saturated heterocycles. The van der Waals surface area contributed by atoms with E-state index in [2.05, 4.69) is 5.16 Å². The van der Waals surface area contributed by atoms with Gasteiger partial charge in [0, 0.05) is 13.1 Å². The second kappa shape index (κ2) is 5.20. The molecule has 0 unspecified atom stereocenters. The first-order chi connectivity index (χ1) is 9.38. The van der Waals surface area contributed by atoms with Crippen molar-refractivity contribution in [1.82, 2.24) is 10.1 Å². The first-order valence-corrected chi connectivity index (χ1v) is 5.90. The van der Waals surface area contributed by atoms with Crippen LogP contribution in [0.5, 0.6) is 0 Å². The van der Waals surface area contributed by atoms with Gasteiger partial charge in [0.05, 0.1) is 6.54 Å². The van der Waals surface area contributed by atoms with Crippen LogP contribution in [0, 0.1) is 13.8 Å². The molecule has 0 atom stereocenters. The number of amides is 1. The third kappa shape index (κ3) is 2.71. The molecule has 0 aliphatic carbocycles. The summed E-state index contributed by atoms with van der Waals surface area (Å²) in [6, 6.07) is 2.95. The highest BCUT2D eigenvalue weighted by Crippen LogP contribution is 2.17. The van der Waals surface area contributed by atoms with Crippen LogP contribution >= 0.6 is 0 Å². The van der Waals surface area contributed by atoms with Crippen molar-refractivity contribution in [2.75, 3.05) is 7.05 Å². The average molecular weight is 278 g/mol. The van der Waals surface area contributed by atoms with Crippen LogP contribution in [0.2, 0.25) is 0 Å². The Morgan fingerprint density at radius 3 is 2.55 bits per heavy atom. The van der Waals surface area contributed by atoms with Gasteiger partial charge in [0.25, 0.3) is 5.91 Å². The maximum Gasteiger partial charge on any atom is 0.339 e. The fraction of sp³-hybridized carbons (Fsp3) is 0.308. The Bertz CT molecular complexity index is 656. The molecule has 106 valence electrons. The number of furan rings is 1. The highest BCUT2D eigenvalue weighted by atomic mass is 16.5. The van der Waals surface area contributed by atoms with Crippen LogP contribution in [0.25, 0.3) is 0 Å². The molecule has 20 heavy (non-hydrogen) atoms. The molecule has 2 heterocycles. The van der Waals surface area contributed by atoms with E-state index >= 15 is 0 Å². The van der Waals surface area contributed by atoms with Gasteiger partial charge in [-0.15, -0.1) is 0 Å². The normalized spacial score (nSPS) is 10.6. The van der Waals surface area contributed by atoms with Crippen LogP contribution in [0.15, 0.2) is 21.1 Å². The standard InChI is InChI=1S/C13H14N2O5/c1-7-4-11(14-20-7)12(16)15(3)6-9-5-10(13(17)18)8(2)19-9/h4-5H,6H2,1-3H3,(H,17,18). The quantitative estimate of drug-likeness (QED) is 0.916. The number of rotatable bonds is 4. The van der Waals surface area contributed by atoms with Crippen LogP contribution in [-0.4, -0.2) is 34.1 Å². The van der Waals surface area contributed by atoms with Crippen molar-refractivity contribution in [1.29, 1.82) is 0 Å². The lowest BCUT2D eigenvalue weighted by Gasteiger charge is -2.13. The number of carbonyl (C=O) groups is 2. The fourth-order valence-electron chi connectivity index (χ4n) is 1.80. The topological polar surface area (TPSA) is 96.8 Å². The SMILES string of the molecule is Cc1cc(C(=O)N(C)Cc2cc(C(=O)O)c(C)o2)no1. The van der Waals surface area contributed by atoms with Gasteiger partial charge in [-0.25, -0.2) is 4.79 Å². The first kappa shape index (κ1) is 13.9. The molecule has 0 fully saturated rings. The van der Waals surface area contributed by atoms with Crippen molar-refractivity contribution in [2.24, 2.45) is 0 Å². The Kier molecular flexibility index (Phi) is 3.60. The van der Waals surface area contributed by atoms with Crippen LogP contribution < -0.4 is 0 Å². The van der Waals surface area contributed by atoms with Crippen LogP contribution in [0.1, 0.15) is 38.1 Å². The van der Waals surface area contributed by atoms with E-state index in [9.17, 15) is 9.59 Å². The van der Waals surface area contributed by atoms with E-state index in [0.717, 1.165) is 0 Å². The summed E-state index contributed by atoms with van der Waals surface area (Å²) in [5.74, 6) is -0.128. The minimum atomic E-state index is -1.06. The smallest absolute Gasteiger partial charge is 0.339 e. The molecule has 1 N–H and O–H groups in total. The summed E-state index contributed by atoms with van der Waals surface area (Å²) in [7, 11) is 1.57. The van der Waals surface area contributed by atoms with Crippen molar-refractivity contribution < 1.29 is 23.6 Å². The largest absolute Gasteiger partial charge is 0.478 e. The van der Waals surface area contributed by atoms with E-state index in [1.54, 1.807) is 20.9 Å². The Balaban J connectivity index is 2.11. The van der Waals surface area contributed by atoms with Crippen molar-refractivity contribution >= 4 is 11.9 Å². The molecule has 0 saturated carbocycles. The van der Waals surface area contributed by atoms with Crippen molar-refractivity contribution in [2.45, 2.75) is 20.4 Å². The molecular weight excluding hydrogens is 264 g/mol. The lowest BCUT2D eigenvalue weighted by Crippen LogP contribution is -2.26. The number of aromatic carboxylic acids is 1. The monoisotopic (exact) mass is 278 g/mol. The van der Waals surface area contributed by atoms with Crippen molar-refractivity contribution in [3.05, 3.63) is 40.7 Å².